The average Bonchev–Trinajstić information content (AvgIpc) is 3.05. The number of rotatable bonds is 10. The number of carbonyl (C=O) groups excluding carboxylic acids is 1. The molecule has 140 valence electrons. The number of likely N-dealkylation sites (N-methyl/N-ethyl adjacent to an activating group) is 1. The van der Waals surface area contributed by atoms with Crippen molar-refractivity contribution in [3.63, 3.8) is 0 Å². The summed E-state index contributed by atoms with van der Waals surface area (Å²) in [4.78, 5) is 17.4. The summed E-state index contributed by atoms with van der Waals surface area (Å²) in [6, 6.07) is 0. The molecule has 0 aliphatic carbocycles. The fraction of sp³-hybridized carbons (Fsp3) is 0.750. The monoisotopic (exact) mass is 454 g/mol. The first-order chi connectivity index (χ1) is 11.1. The van der Waals surface area contributed by atoms with Crippen molar-refractivity contribution in [2.24, 2.45) is 10.9 Å². The number of ether oxygens (including phenoxy) is 2. The Morgan fingerprint density at radius 2 is 2.25 bits per heavy atom. The Balaban J connectivity index is 0.00000529. The van der Waals surface area contributed by atoms with Gasteiger partial charge in [-0.1, -0.05) is 6.08 Å². The van der Waals surface area contributed by atoms with Gasteiger partial charge in [-0.2, -0.15) is 0 Å². The number of nitrogens with one attached hydrogen (secondary N) is 2. The lowest BCUT2D eigenvalue weighted by Crippen LogP contribution is -2.39. The summed E-state index contributed by atoms with van der Waals surface area (Å²) in [6.45, 7) is 8.27. The quantitative estimate of drug-likeness (QED) is 0.168. The number of nitrogens with zero attached hydrogens (tertiary/aromatic N) is 2. The van der Waals surface area contributed by atoms with Gasteiger partial charge in [-0.15, -0.1) is 30.6 Å². The van der Waals surface area contributed by atoms with Crippen LogP contribution >= 0.6 is 24.0 Å². The smallest absolute Gasteiger partial charge is 0.243 e. The molecule has 1 fully saturated rings. The number of aliphatic imine (C=N–C) groups is 1. The van der Waals surface area contributed by atoms with E-state index in [-0.39, 0.29) is 36.4 Å². The lowest BCUT2D eigenvalue weighted by molar-refractivity contribution is -0.127. The summed E-state index contributed by atoms with van der Waals surface area (Å²) in [5.41, 5.74) is 0. The summed E-state index contributed by atoms with van der Waals surface area (Å²) < 4.78 is 11.0. The Hall–Kier alpha value is -0.870. The first-order valence-electron chi connectivity index (χ1n) is 8.12. The van der Waals surface area contributed by atoms with Crippen LogP contribution in [0.25, 0.3) is 0 Å². The van der Waals surface area contributed by atoms with Crippen LogP contribution in [-0.2, 0) is 14.3 Å². The topological polar surface area (TPSA) is 75.2 Å². The molecule has 0 radical (unpaired) electrons. The highest BCUT2D eigenvalue weighted by Crippen LogP contribution is 2.12. The fourth-order valence-corrected chi connectivity index (χ4v) is 1.98. The van der Waals surface area contributed by atoms with Crippen molar-refractivity contribution in [1.82, 2.24) is 15.5 Å². The molecule has 1 amide bonds. The SMILES string of the molecule is C=CCNC(=NCC(=O)N(C)C)NCCCOCC1CCOC1.I. The third-order valence-corrected chi connectivity index (χ3v) is 3.42. The second-order valence-electron chi connectivity index (χ2n) is 5.71. The van der Waals surface area contributed by atoms with E-state index in [0.717, 1.165) is 39.2 Å². The molecule has 1 saturated heterocycles. The summed E-state index contributed by atoms with van der Waals surface area (Å²) in [7, 11) is 3.43. The molecule has 8 heteroatoms. The second-order valence-corrected chi connectivity index (χ2v) is 5.71. The van der Waals surface area contributed by atoms with Crippen LogP contribution < -0.4 is 10.6 Å². The van der Waals surface area contributed by atoms with Crippen LogP contribution in [0.4, 0.5) is 0 Å². The molecule has 1 unspecified atom stereocenters. The second kappa shape index (κ2) is 14.5. The molecular weight excluding hydrogens is 423 g/mol. The number of hydrogen-bond acceptors (Lipinski definition) is 4. The number of halogens is 1. The lowest BCUT2D eigenvalue weighted by atomic mass is 10.1. The van der Waals surface area contributed by atoms with Crippen LogP contribution in [0, 0.1) is 5.92 Å². The zero-order valence-electron chi connectivity index (χ0n) is 14.8. The third kappa shape index (κ3) is 10.8. The molecule has 0 aromatic heterocycles. The van der Waals surface area contributed by atoms with Crippen LogP contribution in [0.1, 0.15) is 12.8 Å². The third-order valence-electron chi connectivity index (χ3n) is 3.42. The van der Waals surface area contributed by atoms with E-state index in [1.165, 1.54) is 4.90 Å². The lowest BCUT2D eigenvalue weighted by Gasteiger charge is -2.13. The number of guanidine groups is 1. The molecule has 2 N–H and O–H groups in total. The minimum Gasteiger partial charge on any atom is -0.381 e. The highest BCUT2D eigenvalue weighted by molar-refractivity contribution is 14.0. The summed E-state index contributed by atoms with van der Waals surface area (Å²) in [6.07, 6.45) is 3.72. The van der Waals surface area contributed by atoms with Crippen molar-refractivity contribution >= 4 is 35.8 Å². The Morgan fingerprint density at radius 3 is 2.88 bits per heavy atom. The highest BCUT2D eigenvalue weighted by atomic mass is 127. The highest BCUT2D eigenvalue weighted by Gasteiger charge is 2.15. The molecule has 1 aliphatic rings. The van der Waals surface area contributed by atoms with Gasteiger partial charge in [-0.05, 0) is 12.8 Å². The van der Waals surface area contributed by atoms with Crippen LogP contribution in [-0.4, -0.2) is 76.9 Å². The van der Waals surface area contributed by atoms with Gasteiger partial charge in [-0.25, -0.2) is 4.99 Å². The van der Waals surface area contributed by atoms with Gasteiger partial charge in [0.15, 0.2) is 5.96 Å². The largest absolute Gasteiger partial charge is 0.381 e. The van der Waals surface area contributed by atoms with Crippen LogP contribution in [0.3, 0.4) is 0 Å². The van der Waals surface area contributed by atoms with Gasteiger partial charge >= 0.3 is 0 Å². The molecule has 1 heterocycles. The van der Waals surface area contributed by atoms with E-state index in [4.69, 9.17) is 9.47 Å². The Morgan fingerprint density at radius 1 is 1.46 bits per heavy atom. The predicted molar refractivity (Wildman–Crippen MR) is 107 cm³/mol. The molecule has 0 saturated carbocycles. The van der Waals surface area contributed by atoms with Gasteiger partial charge in [0.1, 0.15) is 6.54 Å². The van der Waals surface area contributed by atoms with E-state index < -0.39 is 0 Å². The Kier molecular flexibility index (Phi) is 13.9. The van der Waals surface area contributed by atoms with E-state index >= 15 is 0 Å². The van der Waals surface area contributed by atoms with Crippen molar-refractivity contribution in [2.75, 3.05) is 60.2 Å². The maximum atomic E-state index is 11.6. The molecular formula is C16H31IN4O3. The maximum Gasteiger partial charge on any atom is 0.243 e. The summed E-state index contributed by atoms with van der Waals surface area (Å²) >= 11 is 0. The van der Waals surface area contributed by atoms with Gasteiger partial charge in [0.25, 0.3) is 0 Å². The summed E-state index contributed by atoms with van der Waals surface area (Å²) in [5, 5.41) is 6.29. The number of hydrogen-bond donors (Lipinski definition) is 2. The van der Waals surface area contributed by atoms with E-state index in [2.05, 4.69) is 22.2 Å². The van der Waals surface area contributed by atoms with Crippen LogP contribution in [0.5, 0.6) is 0 Å². The molecule has 1 aliphatic heterocycles. The molecule has 24 heavy (non-hydrogen) atoms. The van der Waals surface area contributed by atoms with E-state index in [0.29, 0.717) is 25.0 Å². The van der Waals surface area contributed by atoms with Gasteiger partial charge in [0, 0.05) is 46.3 Å². The van der Waals surface area contributed by atoms with Crippen molar-refractivity contribution in [1.29, 1.82) is 0 Å². The molecule has 1 rings (SSSR count). The minimum absolute atomic E-state index is 0. The fourth-order valence-electron chi connectivity index (χ4n) is 1.98. The van der Waals surface area contributed by atoms with Gasteiger partial charge < -0.3 is 25.0 Å². The van der Waals surface area contributed by atoms with E-state index in [9.17, 15) is 4.79 Å². The normalized spacial score (nSPS) is 17.1. The van der Waals surface area contributed by atoms with Crippen LogP contribution in [0.15, 0.2) is 17.6 Å². The van der Waals surface area contributed by atoms with Crippen molar-refractivity contribution in [3.05, 3.63) is 12.7 Å². The van der Waals surface area contributed by atoms with Crippen molar-refractivity contribution in [2.45, 2.75) is 12.8 Å². The Labute approximate surface area is 162 Å². The molecule has 1 atom stereocenters. The Bertz CT molecular complexity index is 386. The van der Waals surface area contributed by atoms with Gasteiger partial charge in [0.2, 0.25) is 5.91 Å². The average molecular weight is 454 g/mol. The van der Waals surface area contributed by atoms with Crippen molar-refractivity contribution in [3.8, 4) is 0 Å². The van der Waals surface area contributed by atoms with Gasteiger partial charge in [0.05, 0.1) is 13.2 Å². The standard InChI is InChI=1S/C16H30N4O3.HI/c1-4-7-17-16(19-11-15(21)20(2)3)18-8-5-9-22-12-14-6-10-23-13-14;/h4,14H,1,5-13H2,2-3H3,(H2,17,18,19);1H. The number of amides is 1. The molecule has 7 nitrogen and oxygen atoms in total. The predicted octanol–water partition coefficient (Wildman–Crippen LogP) is 0.857. The number of carbonyl (C=O) groups is 1. The molecule has 0 aromatic carbocycles. The first kappa shape index (κ1) is 23.1. The van der Waals surface area contributed by atoms with Gasteiger partial charge in [-0.3, -0.25) is 4.79 Å². The first-order valence-corrected chi connectivity index (χ1v) is 8.12. The van der Waals surface area contributed by atoms with E-state index in [1.54, 1.807) is 20.2 Å². The minimum atomic E-state index is -0.0354. The zero-order valence-corrected chi connectivity index (χ0v) is 17.1. The molecule has 0 spiro atoms. The van der Waals surface area contributed by atoms with Crippen LogP contribution in [0.2, 0.25) is 0 Å². The van der Waals surface area contributed by atoms with Crippen molar-refractivity contribution < 1.29 is 14.3 Å². The molecule has 0 bridgehead atoms. The summed E-state index contributed by atoms with van der Waals surface area (Å²) in [5.74, 6) is 1.13. The molecule has 0 aromatic rings. The van der Waals surface area contributed by atoms with E-state index in [1.807, 2.05) is 0 Å². The maximum absolute atomic E-state index is 11.6. The zero-order chi connectivity index (χ0) is 16.9.